The maximum atomic E-state index is 13.5. The van der Waals surface area contributed by atoms with E-state index < -0.39 is 17.1 Å². The summed E-state index contributed by atoms with van der Waals surface area (Å²) in [6.45, 7) is 0. The van der Waals surface area contributed by atoms with Gasteiger partial charge in [0.1, 0.15) is 34.1 Å². The normalized spacial score (nSPS) is 10.7. The molecule has 0 bridgehead atoms. The van der Waals surface area contributed by atoms with Crippen molar-refractivity contribution in [1.82, 2.24) is 0 Å². The zero-order chi connectivity index (χ0) is 27.5. The maximum absolute atomic E-state index is 13.5. The number of phenolic OH excluding ortho intramolecular Hbond substituents is 1. The zero-order valence-electron chi connectivity index (χ0n) is 20.5. The van der Waals surface area contributed by atoms with Crippen molar-refractivity contribution in [3.8, 4) is 34.1 Å². The van der Waals surface area contributed by atoms with E-state index in [-0.39, 0.29) is 39.2 Å². The van der Waals surface area contributed by atoms with Gasteiger partial charge in [-0.1, -0.05) is 60.7 Å². The Morgan fingerprint density at radius 2 is 1.31 bits per heavy atom. The Kier molecular flexibility index (Phi) is 6.93. The van der Waals surface area contributed by atoms with Crippen LogP contribution in [0.1, 0.15) is 0 Å². The number of rotatable bonds is 3. The van der Waals surface area contributed by atoms with E-state index in [1.54, 1.807) is 24.3 Å². The molecule has 39 heavy (non-hydrogen) atoms. The van der Waals surface area contributed by atoms with Crippen LogP contribution in [0.3, 0.4) is 0 Å². The van der Waals surface area contributed by atoms with Gasteiger partial charge in [-0.2, -0.15) is 0 Å². The fraction of sp³-hybridized carbons (Fsp3) is 0.0323. The van der Waals surface area contributed by atoms with Crippen molar-refractivity contribution in [2.24, 2.45) is 0 Å². The number of halogens is 2. The number of phenols is 1. The molecular formula is C31H20F2O6. The molecule has 0 amide bonds. The number of aromatic hydroxyl groups is 1. The van der Waals surface area contributed by atoms with Crippen molar-refractivity contribution < 1.29 is 27.5 Å². The summed E-state index contributed by atoms with van der Waals surface area (Å²) in [5, 5.41) is 9.91. The summed E-state index contributed by atoms with van der Waals surface area (Å²) < 4.78 is 43.0. The first kappa shape index (κ1) is 25.4. The molecule has 4 aromatic carbocycles. The smallest absolute Gasteiger partial charge is 0.204 e. The van der Waals surface area contributed by atoms with E-state index in [0.29, 0.717) is 22.8 Å². The predicted octanol–water partition coefficient (Wildman–Crippen LogP) is 6.91. The standard InChI is InChI=1S/C16H12O4.C15H8F2O2/c1-19-16-12(17)8-7-11-13(18)9-14(20-15(11)16)10-5-3-2-4-6-10;16-10-6-11(17)15-12(18)8-13(19-14(15)7-10)9-4-2-1-3-5-9/h2-9,17H,1H3;1-8H. The van der Waals surface area contributed by atoms with Crippen LogP contribution >= 0.6 is 0 Å². The minimum Gasteiger partial charge on any atom is -0.504 e. The highest BCUT2D eigenvalue weighted by atomic mass is 19.1. The van der Waals surface area contributed by atoms with Crippen molar-refractivity contribution in [2.45, 2.75) is 0 Å². The minimum absolute atomic E-state index is 0.0617. The zero-order valence-corrected chi connectivity index (χ0v) is 20.5. The highest BCUT2D eigenvalue weighted by Gasteiger charge is 2.15. The topological polar surface area (TPSA) is 89.9 Å². The van der Waals surface area contributed by atoms with Crippen LogP contribution in [-0.2, 0) is 0 Å². The second kappa shape index (κ2) is 10.6. The lowest BCUT2D eigenvalue weighted by Gasteiger charge is -2.08. The van der Waals surface area contributed by atoms with Gasteiger partial charge in [-0.05, 0) is 12.1 Å². The predicted molar refractivity (Wildman–Crippen MR) is 144 cm³/mol. The Balaban J connectivity index is 0.000000158. The van der Waals surface area contributed by atoms with Crippen LogP contribution in [0, 0.1) is 11.6 Å². The summed E-state index contributed by atoms with van der Waals surface area (Å²) in [5.41, 5.74) is 0.909. The summed E-state index contributed by atoms with van der Waals surface area (Å²) in [6, 6.07) is 25.4. The van der Waals surface area contributed by atoms with Crippen LogP contribution in [0.15, 0.2) is 115 Å². The molecule has 1 N–H and O–H groups in total. The number of ether oxygens (including phenoxy) is 1. The molecule has 2 heterocycles. The Bertz CT molecular complexity index is 1910. The van der Waals surface area contributed by atoms with E-state index in [1.165, 1.54) is 31.4 Å². The third kappa shape index (κ3) is 5.13. The van der Waals surface area contributed by atoms with Crippen LogP contribution in [-0.4, -0.2) is 12.2 Å². The SMILES string of the molecule is COc1c(O)ccc2c(=O)cc(-c3ccccc3)oc12.O=c1cc(-c2ccccc2)oc2cc(F)cc(F)c12. The van der Waals surface area contributed by atoms with Gasteiger partial charge in [-0.25, -0.2) is 8.78 Å². The van der Waals surface area contributed by atoms with E-state index >= 15 is 0 Å². The Morgan fingerprint density at radius 3 is 1.92 bits per heavy atom. The monoisotopic (exact) mass is 526 g/mol. The molecule has 2 aromatic heterocycles. The molecule has 0 spiro atoms. The molecule has 0 unspecified atom stereocenters. The average molecular weight is 526 g/mol. The lowest BCUT2D eigenvalue weighted by Crippen LogP contribution is -2.03. The third-order valence-corrected chi connectivity index (χ3v) is 5.90. The summed E-state index contributed by atoms with van der Waals surface area (Å²) in [6.07, 6.45) is 0. The van der Waals surface area contributed by atoms with E-state index in [2.05, 4.69) is 0 Å². The number of methoxy groups -OCH3 is 1. The van der Waals surface area contributed by atoms with E-state index in [9.17, 15) is 23.5 Å². The van der Waals surface area contributed by atoms with Crippen molar-refractivity contribution in [3.63, 3.8) is 0 Å². The van der Waals surface area contributed by atoms with Gasteiger partial charge in [-0.15, -0.1) is 0 Å². The Labute approximate surface area is 220 Å². The van der Waals surface area contributed by atoms with Crippen molar-refractivity contribution in [1.29, 1.82) is 0 Å². The summed E-state index contributed by atoms with van der Waals surface area (Å²) in [4.78, 5) is 24.0. The van der Waals surface area contributed by atoms with Gasteiger partial charge in [0.2, 0.25) is 5.75 Å². The van der Waals surface area contributed by atoms with Crippen LogP contribution in [0.5, 0.6) is 11.5 Å². The van der Waals surface area contributed by atoms with Crippen molar-refractivity contribution >= 4 is 21.9 Å². The van der Waals surface area contributed by atoms with Gasteiger partial charge in [0.05, 0.1) is 12.5 Å². The lowest BCUT2D eigenvalue weighted by molar-refractivity contribution is 0.371. The largest absolute Gasteiger partial charge is 0.504 e. The van der Waals surface area contributed by atoms with Gasteiger partial charge in [0.15, 0.2) is 22.2 Å². The fourth-order valence-electron chi connectivity index (χ4n) is 4.08. The molecule has 0 aliphatic carbocycles. The molecule has 6 nitrogen and oxygen atoms in total. The molecule has 6 aromatic rings. The second-order valence-electron chi connectivity index (χ2n) is 8.44. The van der Waals surface area contributed by atoms with Gasteiger partial charge in [0, 0.05) is 35.4 Å². The molecular weight excluding hydrogens is 506 g/mol. The molecule has 6 rings (SSSR count). The maximum Gasteiger partial charge on any atom is 0.204 e. The first-order chi connectivity index (χ1) is 18.9. The van der Waals surface area contributed by atoms with Gasteiger partial charge < -0.3 is 18.7 Å². The van der Waals surface area contributed by atoms with Crippen molar-refractivity contribution in [3.05, 3.63) is 129 Å². The summed E-state index contributed by atoms with van der Waals surface area (Å²) >= 11 is 0. The van der Waals surface area contributed by atoms with E-state index in [1.807, 2.05) is 36.4 Å². The molecule has 194 valence electrons. The van der Waals surface area contributed by atoms with Crippen LogP contribution in [0.2, 0.25) is 0 Å². The summed E-state index contributed by atoms with van der Waals surface area (Å²) in [5.74, 6) is -0.873. The highest BCUT2D eigenvalue weighted by molar-refractivity contribution is 5.86. The molecule has 0 aliphatic heterocycles. The minimum atomic E-state index is -0.914. The number of hydrogen-bond donors (Lipinski definition) is 1. The molecule has 0 radical (unpaired) electrons. The molecule has 0 saturated carbocycles. The molecule has 0 fully saturated rings. The van der Waals surface area contributed by atoms with Gasteiger partial charge in [-0.3, -0.25) is 9.59 Å². The van der Waals surface area contributed by atoms with E-state index in [4.69, 9.17) is 13.6 Å². The van der Waals surface area contributed by atoms with Gasteiger partial charge >= 0.3 is 0 Å². The average Bonchev–Trinajstić information content (AvgIpc) is 2.93. The van der Waals surface area contributed by atoms with E-state index in [0.717, 1.165) is 11.6 Å². The molecule has 0 saturated heterocycles. The molecule has 8 heteroatoms. The molecule has 0 aliphatic rings. The first-order valence-electron chi connectivity index (χ1n) is 11.7. The highest BCUT2D eigenvalue weighted by Crippen LogP contribution is 2.35. The second-order valence-corrected chi connectivity index (χ2v) is 8.44. The first-order valence-corrected chi connectivity index (χ1v) is 11.7. The lowest BCUT2D eigenvalue weighted by atomic mass is 10.1. The van der Waals surface area contributed by atoms with Crippen LogP contribution in [0.25, 0.3) is 44.6 Å². The Morgan fingerprint density at radius 1 is 0.718 bits per heavy atom. The number of hydrogen-bond acceptors (Lipinski definition) is 6. The van der Waals surface area contributed by atoms with Crippen LogP contribution in [0.4, 0.5) is 8.78 Å². The Hall–Kier alpha value is -5.24. The molecule has 0 atom stereocenters. The third-order valence-electron chi connectivity index (χ3n) is 5.90. The van der Waals surface area contributed by atoms with Crippen LogP contribution < -0.4 is 15.6 Å². The fourth-order valence-corrected chi connectivity index (χ4v) is 4.08. The van der Waals surface area contributed by atoms with Crippen molar-refractivity contribution in [2.75, 3.05) is 7.11 Å². The quantitative estimate of drug-likeness (QED) is 0.269. The van der Waals surface area contributed by atoms with Gasteiger partial charge in [0.25, 0.3) is 0 Å². The number of benzene rings is 4. The number of fused-ring (bicyclic) bond motifs is 2. The summed E-state index contributed by atoms with van der Waals surface area (Å²) in [7, 11) is 1.42.